The van der Waals surface area contributed by atoms with Gasteiger partial charge in [-0.3, -0.25) is 0 Å². The summed E-state index contributed by atoms with van der Waals surface area (Å²) in [4.78, 5) is 0. The van der Waals surface area contributed by atoms with E-state index in [0.717, 1.165) is 22.3 Å². The van der Waals surface area contributed by atoms with Crippen LogP contribution in [0.15, 0.2) is 66.7 Å². The normalized spacial score (nSPS) is 10.9. The number of phenols is 3. The van der Waals surface area contributed by atoms with Crippen molar-refractivity contribution in [2.75, 3.05) is 0 Å². The SMILES string of the molecule is Oc1ccc(Cc2cc(Cl)c(O)c(Cl)c2)cc1Oc1ccc(Cc2cc(Cl)c(O)c(Cl)c2)cc1. The number of rotatable bonds is 6. The zero-order chi connectivity index (χ0) is 24.4. The summed E-state index contributed by atoms with van der Waals surface area (Å²) in [5, 5.41) is 30.5. The van der Waals surface area contributed by atoms with Crippen LogP contribution >= 0.6 is 46.4 Å². The smallest absolute Gasteiger partial charge is 0.169 e. The second kappa shape index (κ2) is 10.2. The molecule has 0 aromatic heterocycles. The third-order valence-electron chi connectivity index (χ3n) is 5.15. The highest BCUT2D eigenvalue weighted by Crippen LogP contribution is 2.36. The van der Waals surface area contributed by atoms with Gasteiger partial charge in [-0.15, -0.1) is 0 Å². The summed E-state index contributed by atoms with van der Waals surface area (Å²) in [5.74, 6) is 0.575. The standard InChI is InChI=1S/C26H18Cl4O4/c27-19-9-16(10-20(28)25(19)32)7-14-1-4-18(5-2-14)34-24-13-15(3-6-23(24)31)8-17-11-21(29)26(33)22(30)12-17/h1-6,9-13,31-33H,7-8H2. The Morgan fingerprint density at radius 3 is 1.47 bits per heavy atom. The van der Waals surface area contributed by atoms with Gasteiger partial charge in [-0.25, -0.2) is 0 Å². The Balaban J connectivity index is 1.48. The van der Waals surface area contributed by atoms with Crippen molar-refractivity contribution < 1.29 is 20.1 Å². The van der Waals surface area contributed by atoms with Gasteiger partial charge in [-0.1, -0.05) is 64.6 Å². The van der Waals surface area contributed by atoms with Crippen LogP contribution in [0.1, 0.15) is 22.3 Å². The van der Waals surface area contributed by atoms with Crippen LogP contribution in [0.5, 0.6) is 28.7 Å². The molecule has 0 heterocycles. The molecule has 0 radical (unpaired) electrons. The molecule has 0 spiro atoms. The van der Waals surface area contributed by atoms with E-state index in [1.165, 1.54) is 0 Å². The largest absolute Gasteiger partial charge is 0.505 e. The van der Waals surface area contributed by atoms with Crippen molar-refractivity contribution in [3.05, 3.63) is 109 Å². The lowest BCUT2D eigenvalue weighted by atomic mass is 10.0. The highest BCUT2D eigenvalue weighted by molar-refractivity contribution is 6.37. The summed E-state index contributed by atoms with van der Waals surface area (Å²) < 4.78 is 5.90. The maximum absolute atomic E-state index is 10.3. The lowest BCUT2D eigenvalue weighted by molar-refractivity contribution is 0.411. The van der Waals surface area contributed by atoms with Crippen LogP contribution in [0.2, 0.25) is 20.1 Å². The van der Waals surface area contributed by atoms with Crippen molar-refractivity contribution in [3.63, 3.8) is 0 Å². The summed E-state index contributed by atoms with van der Waals surface area (Å²) in [6.45, 7) is 0. The number of hydrogen-bond acceptors (Lipinski definition) is 4. The average Bonchev–Trinajstić information content (AvgIpc) is 2.79. The van der Waals surface area contributed by atoms with E-state index in [2.05, 4.69) is 0 Å². The van der Waals surface area contributed by atoms with E-state index in [9.17, 15) is 15.3 Å². The molecule has 8 heteroatoms. The fourth-order valence-corrected chi connectivity index (χ4v) is 4.53. The van der Waals surface area contributed by atoms with Gasteiger partial charge in [0.05, 0.1) is 20.1 Å². The molecule has 4 aromatic carbocycles. The third-order valence-corrected chi connectivity index (χ3v) is 6.30. The van der Waals surface area contributed by atoms with Crippen LogP contribution in [0.3, 0.4) is 0 Å². The van der Waals surface area contributed by atoms with Crippen LogP contribution in [-0.2, 0) is 12.8 Å². The van der Waals surface area contributed by atoms with Crippen LogP contribution in [0.4, 0.5) is 0 Å². The summed E-state index contributed by atoms with van der Waals surface area (Å²) in [6.07, 6.45) is 1.05. The first-order chi connectivity index (χ1) is 16.2. The minimum absolute atomic E-state index is 0.00275. The fraction of sp³-hybridized carbons (Fsp3) is 0.0769. The average molecular weight is 536 g/mol. The van der Waals surface area contributed by atoms with E-state index in [0.29, 0.717) is 24.3 Å². The lowest BCUT2D eigenvalue weighted by Crippen LogP contribution is -1.92. The predicted molar refractivity (Wildman–Crippen MR) is 136 cm³/mol. The predicted octanol–water partition coefficient (Wildman–Crippen LogP) is 8.39. The molecule has 34 heavy (non-hydrogen) atoms. The zero-order valence-corrected chi connectivity index (χ0v) is 20.6. The molecule has 0 saturated heterocycles. The summed E-state index contributed by atoms with van der Waals surface area (Å²) in [6, 6.07) is 19.1. The summed E-state index contributed by atoms with van der Waals surface area (Å²) in [7, 11) is 0. The summed E-state index contributed by atoms with van der Waals surface area (Å²) in [5.41, 5.74) is 3.53. The van der Waals surface area contributed by atoms with Crippen LogP contribution < -0.4 is 4.74 Å². The second-order valence-corrected chi connectivity index (χ2v) is 9.35. The van der Waals surface area contributed by atoms with Crippen molar-refractivity contribution in [1.29, 1.82) is 0 Å². The maximum atomic E-state index is 10.3. The van der Waals surface area contributed by atoms with E-state index in [1.54, 1.807) is 54.6 Å². The molecule has 4 aromatic rings. The second-order valence-electron chi connectivity index (χ2n) is 7.72. The topological polar surface area (TPSA) is 69.9 Å². The van der Waals surface area contributed by atoms with Crippen molar-refractivity contribution in [3.8, 4) is 28.7 Å². The number of phenolic OH excluding ortho intramolecular Hbond substituents is 3. The molecule has 0 amide bonds. The first-order valence-corrected chi connectivity index (χ1v) is 11.6. The number of benzene rings is 4. The molecule has 4 rings (SSSR count). The molecule has 0 aliphatic heterocycles. The van der Waals surface area contributed by atoms with E-state index >= 15 is 0 Å². The molecule has 174 valence electrons. The summed E-state index contributed by atoms with van der Waals surface area (Å²) >= 11 is 24.0. The minimum atomic E-state index is -0.151. The molecule has 0 atom stereocenters. The third kappa shape index (κ3) is 5.65. The first-order valence-electron chi connectivity index (χ1n) is 10.1. The Morgan fingerprint density at radius 1 is 0.529 bits per heavy atom. The molecule has 0 unspecified atom stereocenters. The van der Waals surface area contributed by atoms with Gasteiger partial charge in [0.2, 0.25) is 0 Å². The Bertz CT molecular complexity index is 1310. The van der Waals surface area contributed by atoms with Gasteiger partial charge < -0.3 is 20.1 Å². The lowest BCUT2D eigenvalue weighted by Gasteiger charge is -2.11. The van der Waals surface area contributed by atoms with Gasteiger partial charge in [0, 0.05) is 0 Å². The van der Waals surface area contributed by atoms with Crippen molar-refractivity contribution in [2.45, 2.75) is 12.8 Å². The molecule has 0 aliphatic carbocycles. The van der Waals surface area contributed by atoms with Gasteiger partial charge in [-0.05, 0) is 83.6 Å². The monoisotopic (exact) mass is 534 g/mol. The highest BCUT2D eigenvalue weighted by Gasteiger charge is 2.11. The van der Waals surface area contributed by atoms with E-state index < -0.39 is 0 Å². The van der Waals surface area contributed by atoms with Gasteiger partial charge in [-0.2, -0.15) is 0 Å². The molecule has 0 aliphatic rings. The highest BCUT2D eigenvalue weighted by atomic mass is 35.5. The van der Waals surface area contributed by atoms with Crippen molar-refractivity contribution in [2.24, 2.45) is 0 Å². The fourth-order valence-electron chi connectivity index (χ4n) is 3.46. The van der Waals surface area contributed by atoms with Crippen molar-refractivity contribution >= 4 is 46.4 Å². The number of ether oxygens (including phenoxy) is 1. The maximum Gasteiger partial charge on any atom is 0.169 e. The van der Waals surface area contributed by atoms with E-state index in [-0.39, 0.29) is 37.3 Å². The number of aromatic hydroxyl groups is 3. The quantitative estimate of drug-likeness (QED) is 0.232. The molecule has 3 N–H and O–H groups in total. The van der Waals surface area contributed by atoms with Gasteiger partial charge >= 0.3 is 0 Å². The Labute approximate surface area is 216 Å². The van der Waals surface area contributed by atoms with Gasteiger partial charge in [0.15, 0.2) is 23.0 Å². The van der Waals surface area contributed by atoms with Crippen molar-refractivity contribution in [1.82, 2.24) is 0 Å². The van der Waals surface area contributed by atoms with E-state index in [1.807, 2.05) is 12.1 Å². The van der Waals surface area contributed by atoms with Crippen LogP contribution in [0.25, 0.3) is 0 Å². The Hall–Kier alpha value is -2.76. The van der Waals surface area contributed by atoms with Gasteiger partial charge in [0.25, 0.3) is 0 Å². The zero-order valence-electron chi connectivity index (χ0n) is 17.5. The molecule has 0 bridgehead atoms. The minimum Gasteiger partial charge on any atom is -0.505 e. The molecule has 0 saturated carbocycles. The Kier molecular flexibility index (Phi) is 7.34. The van der Waals surface area contributed by atoms with Gasteiger partial charge in [0.1, 0.15) is 5.75 Å². The van der Waals surface area contributed by atoms with Crippen LogP contribution in [-0.4, -0.2) is 15.3 Å². The molecular weight excluding hydrogens is 518 g/mol. The van der Waals surface area contributed by atoms with E-state index in [4.69, 9.17) is 51.1 Å². The first kappa shape index (κ1) is 24.4. The van der Waals surface area contributed by atoms with Crippen LogP contribution in [0, 0.1) is 0 Å². The molecule has 0 fully saturated rings. The number of hydrogen-bond donors (Lipinski definition) is 3. The molecule has 4 nitrogen and oxygen atoms in total. The Morgan fingerprint density at radius 2 is 0.971 bits per heavy atom. The number of halogens is 4. The molecular formula is C26H18Cl4O4.